The second-order valence-corrected chi connectivity index (χ2v) is 26.1. The minimum Gasteiger partial charge on any atom is -0.509 e. The predicted octanol–water partition coefficient (Wildman–Crippen LogP) is 19.0. The van der Waals surface area contributed by atoms with Crippen LogP contribution in [0.15, 0.2) is 139 Å². The predicted molar refractivity (Wildman–Crippen MR) is 314 cm³/mol. The van der Waals surface area contributed by atoms with Crippen molar-refractivity contribution in [3.63, 3.8) is 0 Å². The van der Waals surface area contributed by atoms with E-state index in [4.69, 9.17) is 9.72 Å². The number of nitrogens with zero attached hydrogens (tertiary/aromatic N) is 4. The van der Waals surface area contributed by atoms with Crippen molar-refractivity contribution in [2.45, 2.75) is 158 Å². The van der Waals surface area contributed by atoms with Crippen molar-refractivity contribution in [1.29, 1.82) is 0 Å². The van der Waals surface area contributed by atoms with Gasteiger partial charge in [0.05, 0.1) is 0 Å². The first-order valence-electron chi connectivity index (χ1n) is 26.8. The van der Waals surface area contributed by atoms with Gasteiger partial charge < -0.3 is 19.1 Å². The fourth-order valence-corrected chi connectivity index (χ4v) is 10.4. The molecule has 0 bridgehead atoms. The Hall–Kier alpha value is -5.90. The molecule has 0 N–H and O–H groups in total. The summed E-state index contributed by atoms with van der Waals surface area (Å²) in [5, 5.41) is 2.23. The maximum absolute atomic E-state index is 7.17. The maximum atomic E-state index is 7.17. The molecule has 8 aromatic rings. The van der Waals surface area contributed by atoms with Gasteiger partial charge in [0.1, 0.15) is 5.82 Å². The molecular weight excluding hydrogens is 1100 g/mol. The molecule has 0 aliphatic carbocycles. The van der Waals surface area contributed by atoms with E-state index < -0.39 is 0 Å². The molecule has 5 nitrogen and oxygen atoms in total. The fourth-order valence-electron chi connectivity index (χ4n) is 10.4. The van der Waals surface area contributed by atoms with Gasteiger partial charge in [-0.2, -0.15) is 6.07 Å². The van der Waals surface area contributed by atoms with Crippen molar-refractivity contribution < 1.29 is 25.8 Å². The Bertz CT molecular complexity index is 3360. The molecule has 1 aliphatic heterocycles. The van der Waals surface area contributed by atoms with Gasteiger partial charge in [-0.3, -0.25) is 0 Å². The molecule has 9 rings (SSSR count). The Balaban J connectivity index is 0.00000747. The zero-order chi connectivity index (χ0) is 53.4. The van der Waals surface area contributed by atoms with Gasteiger partial charge in [-0.15, -0.1) is 53.6 Å². The molecule has 0 saturated heterocycles. The summed E-state index contributed by atoms with van der Waals surface area (Å²) in [5.41, 5.74) is 15.9. The summed E-state index contributed by atoms with van der Waals surface area (Å²) in [6, 6.07) is 52.4. The zero-order valence-electron chi connectivity index (χ0n) is 47.9. The fraction of sp³-hybridized carbons (Fsp3) is 0.362. The van der Waals surface area contributed by atoms with Gasteiger partial charge >= 0.3 is 0 Å². The van der Waals surface area contributed by atoms with Crippen LogP contribution in [0.25, 0.3) is 38.8 Å². The molecule has 0 saturated carbocycles. The normalized spacial score (nSPS) is 13.8. The topological polar surface area (TPSA) is 33.5 Å². The summed E-state index contributed by atoms with van der Waals surface area (Å²) in [4.78, 5) is 9.68. The Morgan fingerprint density at radius 3 is 1.75 bits per heavy atom. The molecule has 6 aromatic carbocycles. The average Bonchev–Trinajstić information content (AvgIpc) is 3.94. The van der Waals surface area contributed by atoms with E-state index in [1.807, 2.05) is 6.20 Å². The number of hydrogen-bond donors (Lipinski definition) is 0. The summed E-state index contributed by atoms with van der Waals surface area (Å²) < 4.78 is 9.43. The van der Waals surface area contributed by atoms with Crippen LogP contribution in [0.2, 0.25) is 0 Å². The van der Waals surface area contributed by atoms with Gasteiger partial charge in [-0.1, -0.05) is 197 Å². The first-order chi connectivity index (χ1) is 34.6. The zero-order valence-corrected chi connectivity index (χ0v) is 50.2. The molecule has 0 atom stereocenters. The van der Waals surface area contributed by atoms with E-state index in [-0.39, 0.29) is 48.1 Å². The monoisotopic (exact) mass is 1170 g/mol. The molecule has 0 amide bonds. The van der Waals surface area contributed by atoms with Crippen molar-refractivity contribution in [3.05, 3.63) is 197 Å². The molecule has 0 unspecified atom stereocenters. The first-order valence-corrected chi connectivity index (χ1v) is 26.8. The number of aromatic nitrogens is 2. The number of ether oxygens (including phenoxy) is 1. The molecule has 75 heavy (non-hydrogen) atoms. The van der Waals surface area contributed by atoms with E-state index in [9.17, 15) is 0 Å². The van der Waals surface area contributed by atoms with E-state index in [1.165, 1.54) is 44.5 Å². The molecule has 0 radical (unpaired) electrons. The van der Waals surface area contributed by atoms with Crippen LogP contribution in [0, 0.1) is 24.2 Å². The summed E-state index contributed by atoms with van der Waals surface area (Å²) in [6.07, 6.45) is 4.25. The van der Waals surface area contributed by atoms with E-state index >= 15 is 0 Å². The molecule has 3 heterocycles. The number of fused-ring (bicyclic) bond motifs is 3. The van der Waals surface area contributed by atoms with E-state index in [2.05, 4.69) is 285 Å². The summed E-state index contributed by atoms with van der Waals surface area (Å²) >= 11 is 0. The van der Waals surface area contributed by atoms with Gasteiger partial charge in [-0.25, -0.2) is 4.98 Å². The summed E-state index contributed by atoms with van der Waals surface area (Å²) in [6.45, 7) is 43.5. The third kappa shape index (κ3) is 11.0. The van der Waals surface area contributed by atoms with Crippen molar-refractivity contribution >= 4 is 33.2 Å². The number of hydrogen-bond acceptors (Lipinski definition) is 4. The minimum absolute atomic E-state index is 0. The number of allylic oxidation sites excluding steroid dienone is 1. The number of anilines is 2. The molecule has 6 heteroatoms. The Kier molecular flexibility index (Phi) is 14.9. The van der Waals surface area contributed by atoms with E-state index in [1.54, 1.807) is 0 Å². The number of pyridine rings is 1. The Labute approximate surface area is 464 Å². The molecule has 394 valence electrons. The van der Waals surface area contributed by atoms with Crippen LogP contribution in [0.5, 0.6) is 11.5 Å². The molecule has 2 aromatic heterocycles. The Morgan fingerprint density at radius 1 is 0.533 bits per heavy atom. The van der Waals surface area contributed by atoms with Crippen LogP contribution in [-0.4, -0.2) is 9.55 Å². The third-order valence-electron chi connectivity index (χ3n) is 15.2. The minimum atomic E-state index is -0.221. The van der Waals surface area contributed by atoms with E-state index in [0.717, 1.165) is 50.3 Å². The molecule has 1 aliphatic rings. The van der Waals surface area contributed by atoms with Crippen LogP contribution in [0.3, 0.4) is 0 Å². The van der Waals surface area contributed by atoms with Crippen molar-refractivity contribution in [3.8, 4) is 28.4 Å². The second kappa shape index (κ2) is 20.2. The standard InChI is InChI=1S/C69H79N4O.Pt/c1-44(2)56-25-22-26-57(45(3)4)64(56)46-33-53(72-43-71(42-62(72)68(14,15)16)52-36-50(66(8,9)10)35-51(37-52)67(11,12)13)40-55(34-46)74-54-28-29-58-59-38-49(69(17,18)47-23-20-19-21-24-47)27-30-60(59)73(61(58)41-54)63-39-48(31-32-70-63)65(5,6)7;/h19-39,42-45H,1-18H3;/q-3;. The van der Waals surface area contributed by atoms with Crippen molar-refractivity contribution in [2.75, 3.05) is 9.80 Å². The number of benzene rings is 6. The third-order valence-corrected chi connectivity index (χ3v) is 15.2. The van der Waals surface area contributed by atoms with Gasteiger partial charge in [0.25, 0.3) is 0 Å². The van der Waals surface area contributed by atoms with Crippen LogP contribution in [0.4, 0.5) is 11.4 Å². The van der Waals surface area contributed by atoms with Gasteiger partial charge in [0.2, 0.25) is 0 Å². The SMILES string of the molecule is CC(C)c1cccc(C(C)C)c1-c1cc(Oc2[c-]c3c(cc2)c2cc(C(C)(C)c4ccccc4)ccc2n3-c2cc(C(C)(C)C)ccn2)[c-]c(N2[CH-]N(c3cc(C(C)(C)C)cc(C(C)(C)C)c3)C=C2C(C)(C)C)c1.[Pt]. The quantitative estimate of drug-likeness (QED) is 0.128. The van der Waals surface area contributed by atoms with Gasteiger partial charge in [0.15, 0.2) is 0 Å². The Morgan fingerprint density at radius 2 is 1.16 bits per heavy atom. The largest absolute Gasteiger partial charge is 0.509 e. The molecule has 0 fully saturated rings. The van der Waals surface area contributed by atoms with Crippen molar-refractivity contribution in [2.24, 2.45) is 5.41 Å². The van der Waals surface area contributed by atoms with Crippen LogP contribution in [0.1, 0.15) is 175 Å². The second-order valence-electron chi connectivity index (χ2n) is 26.1. The smallest absolute Gasteiger partial charge is 0.135 e. The maximum Gasteiger partial charge on any atom is 0.135 e. The van der Waals surface area contributed by atoms with E-state index in [0.29, 0.717) is 23.3 Å². The molecule has 0 spiro atoms. The summed E-state index contributed by atoms with van der Waals surface area (Å²) in [5.74, 6) is 2.67. The van der Waals surface area contributed by atoms with Crippen molar-refractivity contribution in [1.82, 2.24) is 9.55 Å². The average molecular weight is 1180 g/mol. The number of rotatable bonds is 10. The van der Waals surface area contributed by atoms with Crippen LogP contribution in [-0.2, 0) is 42.7 Å². The molecular formula is C69H79N4OPt-3. The van der Waals surface area contributed by atoms with Gasteiger partial charge in [-0.05, 0) is 115 Å². The first kappa shape index (κ1) is 55.3. The van der Waals surface area contributed by atoms with Gasteiger partial charge in [0, 0.05) is 66.5 Å². The van der Waals surface area contributed by atoms with Crippen LogP contribution >= 0.6 is 0 Å². The van der Waals surface area contributed by atoms with Crippen LogP contribution < -0.4 is 14.5 Å². The summed E-state index contributed by atoms with van der Waals surface area (Å²) in [7, 11) is 0.